The average Bonchev–Trinajstić information content (AvgIpc) is 2.80. The van der Waals surface area contributed by atoms with E-state index in [1.807, 2.05) is 18.2 Å². The van der Waals surface area contributed by atoms with E-state index in [1.54, 1.807) is 12.1 Å². The Kier molecular flexibility index (Phi) is 9.17. The van der Waals surface area contributed by atoms with Crippen LogP contribution in [0.25, 0.3) is 0 Å². The molecule has 0 radical (unpaired) electrons. The summed E-state index contributed by atoms with van der Waals surface area (Å²) in [6.07, 6.45) is 4.57. The van der Waals surface area contributed by atoms with E-state index in [1.165, 1.54) is 6.07 Å². The molecular formula is C25H33FN4O2S. The molecule has 1 aliphatic heterocycles. The number of nitrogens with one attached hydrogen (secondary N) is 2. The highest BCUT2D eigenvalue weighted by atomic mass is 32.1. The Morgan fingerprint density at radius 2 is 1.91 bits per heavy atom. The molecule has 2 aromatic carbocycles. The van der Waals surface area contributed by atoms with E-state index in [9.17, 15) is 9.18 Å². The molecule has 0 spiro atoms. The zero-order chi connectivity index (χ0) is 23.7. The van der Waals surface area contributed by atoms with Crippen molar-refractivity contribution in [3.8, 4) is 5.75 Å². The fraction of sp³-hybridized carbons (Fsp3) is 0.440. The Labute approximate surface area is 200 Å². The Hall–Kier alpha value is -2.55. The molecule has 0 unspecified atom stereocenters. The van der Waals surface area contributed by atoms with Crippen LogP contribution in [0.2, 0.25) is 0 Å². The number of hydrogen-bond acceptors (Lipinski definition) is 5. The number of thiocarbonyl (C=S) groups is 1. The van der Waals surface area contributed by atoms with Gasteiger partial charge in [0.2, 0.25) is 5.91 Å². The molecule has 0 aromatic heterocycles. The minimum Gasteiger partial charge on any atom is -0.491 e. The molecule has 33 heavy (non-hydrogen) atoms. The Bertz CT molecular complexity index is 933. The Morgan fingerprint density at radius 3 is 2.58 bits per heavy atom. The van der Waals surface area contributed by atoms with E-state index < -0.39 is 5.82 Å². The van der Waals surface area contributed by atoms with Crippen LogP contribution in [0.4, 0.5) is 10.1 Å². The van der Waals surface area contributed by atoms with Crippen molar-refractivity contribution in [1.82, 2.24) is 10.2 Å². The summed E-state index contributed by atoms with van der Waals surface area (Å²) in [4.78, 5) is 14.5. The van der Waals surface area contributed by atoms with E-state index >= 15 is 0 Å². The molecule has 3 rings (SSSR count). The predicted molar refractivity (Wildman–Crippen MR) is 134 cm³/mol. The second-order valence-electron chi connectivity index (χ2n) is 8.50. The first-order chi connectivity index (χ1) is 15.9. The lowest BCUT2D eigenvalue weighted by Gasteiger charge is -2.39. The van der Waals surface area contributed by atoms with Crippen LogP contribution >= 0.6 is 12.2 Å². The van der Waals surface area contributed by atoms with Crippen LogP contribution < -0.4 is 21.1 Å². The number of nitrogens with zero attached hydrogens (tertiary/aromatic N) is 1. The molecule has 1 fully saturated rings. The standard InChI is InChI=1S/C25H33FN4O2S/c1-2-3-7-16-32-22-11-10-20(17-21(22)26)28-24(33)29-23(31)18-30-14-12-25(27,13-15-30)19-8-5-4-6-9-19/h4-6,8-11,17H,2-3,7,12-16,18,27H2,1H3,(H2,28,29,31,33). The number of rotatable bonds is 9. The topological polar surface area (TPSA) is 79.6 Å². The largest absolute Gasteiger partial charge is 0.491 e. The van der Waals surface area contributed by atoms with Gasteiger partial charge in [0.25, 0.3) is 0 Å². The highest BCUT2D eigenvalue weighted by Gasteiger charge is 2.32. The van der Waals surface area contributed by atoms with Crippen LogP contribution in [0.1, 0.15) is 44.6 Å². The van der Waals surface area contributed by atoms with Crippen LogP contribution in [0.3, 0.4) is 0 Å². The first-order valence-electron chi connectivity index (χ1n) is 11.5. The number of unbranched alkanes of at least 4 members (excludes halogenated alkanes) is 2. The summed E-state index contributed by atoms with van der Waals surface area (Å²) in [5, 5.41) is 5.65. The minimum absolute atomic E-state index is 0.130. The maximum Gasteiger partial charge on any atom is 0.240 e. The Balaban J connectivity index is 1.42. The molecule has 8 heteroatoms. The summed E-state index contributed by atoms with van der Waals surface area (Å²) in [6.45, 7) is 4.27. The van der Waals surface area contributed by atoms with Gasteiger partial charge in [-0.15, -0.1) is 0 Å². The van der Waals surface area contributed by atoms with Crippen molar-refractivity contribution in [2.45, 2.75) is 44.6 Å². The molecule has 0 saturated carbocycles. The van der Waals surface area contributed by atoms with Gasteiger partial charge in [-0.3, -0.25) is 9.69 Å². The Morgan fingerprint density at radius 1 is 1.18 bits per heavy atom. The van der Waals surface area contributed by atoms with Crippen molar-refractivity contribution in [3.63, 3.8) is 0 Å². The smallest absolute Gasteiger partial charge is 0.240 e. The summed E-state index contributed by atoms with van der Waals surface area (Å²) in [5.74, 6) is -0.473. The molecule has 6 nitrogen and oxygen atoms in total. The van der Waals surface area contributed by atoms with Gasteiger partial charge >= 0.3 is 0 Å². The van der Waals surface area contributed by atoms with Gasteiger partial charge in [-0.1, -0.05) is 50.1 Å². The monoisotopic (exact) mass is 472 g/mol. The van der Waals surface area contributed by atoms with Crippen molar-refractivity contribution in [1.29, 1.82) is 0 Å². The molecule has 0 aliphatic carbocycles. The molecule has 4 N–H and O–H groups in total. The lowest BCUT2D eigenvalue weighted by atomic mass is 9.82. The maximum atomic E-state index is 14.3. The number of amides is 1. The van der Waals surface area contributed by atoms with Crippen LogP contribution in [0.15, 0.2) is 48.5 Å². The number of halogens is 1. The van der Waals surface area contributed by atoms with E-state index in [0.717, 1.165) is 50.8 Å². The quantitative estimate of drug-likeness (QED) is 0.376. The van der Waals surface area contributed by atoms with Gasteiger partial charge < -0.3 is 21.1 Å². The summed E-state index contributed by atoms with van der Waals surface area (Å²) in [6, 6.07) is 14.6. The number of piperidine rings is 1. The lowest BCUT2D eigenvalue weighted by molar-refractivity contribution is -0.121. The number of ether oxygens (including phenoxy) is 1. The van der Waals surface area contributed by atoms with Gasteiger partial charge in [-0.05, 0) is 49.2 Å². The minimum atomic E-state index is -0.470. The molecule has 0 bridgehead atoms. The zero-order valence-electron chi connectivity index (χ0n) is 19.1. The van der Waals surface area contributed by atoms with Gasteiger partial charge in [-0.2, -0.15) is 0 Å². The van der Waals surface area contributed by atoms with Crippen LogP contribution in [-0.2, 0) is 10.3 Å². The number of carbonyl (C=O) groups is 1. The molecule has 1 aliphatic rings. The van der Waals surface area contributed by atoms with E-state index in [2.05, 4.69) is 34.6 Å². The summed E-state index contributed by atoms with van der Waals surface area (Å²) in [5.41, 5.74) is 7.83. The number of nitrogens with two attached hydrogens (primary N) is 1. The molecule has 1 saturated heterocycles. The van der Waals surface area contributed by atoms with Crippen LogP contribution in [-0.4, -0.2) is 42.2 Å². The van der Waals surface area contributed by atoms with Gasteiger partial charge in [0.15, 0.2) is 16.7 Å². The third kappa shape index (κ3) is 7.48. The van der Waals surface area contributed by atoms with Gasteiger partial charge in [-0.25, -0.2) is 4.39 Å². The first kappa shape index (κ1) is 25.1. The predicted octanol–water partition coefficient (Wildman–Crippen LogP) is 4.16. The molecule has 178 valence electrons. The highest BCUT2D eigenvalue weighted by molar-refractivity contribution is 7.80. The van der Waals surface area contributed by atoms with Crippen LogP contribution in [0, 0.1) is 5.82 Å². The van der Waals surface area contributed by atoms with Crippen molar-refractivity contribution in [2.24, 2.45) is 5.73 Å². The normalized spacial score (nSPS) is 15.6. The molecule has 1 amide bonds. The number of anilines is 1. The SMILES string of the molecule is CCCCCOc1ccc(NC(=S)NC(=O)CN2CCC(N)(c3ccccc3)CC2)cc1F. The zero-order valence-corrected chi connectivity index (χ0v) is 19.9. The van der Waals surface area contributed by atoms with E-state index in [4.69, 9.17) is 22.7 Å². The van der Waals surface area contributed by atoms with Crippen molar-refractivity contribution < 1.29 is 13.9 Å². The fourth-order valence-electron chi connectivity index (χ4n) is 3.93. The number of likely N-dealkylation sites (tertiary alicyclic amines) is 1. The highest BCUT2D eigenvalue weighted by Crippen LogP contribution is 2.30. The summed E-state index contributed by atoms with van der Waals surface area (Å²) in [7, 11) is 0. The first-order valence-corrected chi connectivity index (χ1v) is 11.9. The van der Waals surface area contributed by atoms with Gasteiger partial charge in [0.1, 0.15) is 0 Å². The molecule has 1 heterocycles. The lowest BCUT2D eigenvalue weighted by Crippen LogP contribution is -2.51. The molecule has 0 atom stereocenters. The number of benzene rings is 2. The van der Waals surface area contributed by atoms with Crippen molar-refractivity contribution in [2.75, 3.05) is 31.6 Å². The molecular weight excluding hydrogens is 439 g/mol. The summed E-state index contributed by atoms with van der Waals surface area (Å²) < 4.78 is 19.7. The van der Waals surface area contributed by atoms with Gasteiger partial charge in [0.05, 0.1) is 13.2 Å². The summed E-state index contributed by atoms with van der Waals surface area (Å²) >= 11 is 5.22. The van der Waals surface area contributed by atoms with Crippen molar-refractivity contribution >= 4 is 28.9 Å². The van der Waals surface area contributed by atoms with E-state index in [0.29, 0.717) is 12.3 Å². The fourth-order valence-corrected chi connectivity index (χ4v) is 4.16. The maximum absolute atomic E-state index is 14.3. The number of hydrogen-bond donors (Lipinski definition) is 3. The third-order valence-electron chi connectivity index (χ3n) is 5.91. The van der Waals surface area contributed by atoms with E-state index in [-0.39, 0.29) is 28.9 Å². The average molecular weight is 473 g/mol. The third-order valence-corrected chi connectivity index (χ3v) is 6.12. The second-order valence-corrected chi connectivity index (χ2v) is 8.91. The van der Waals surface area contributed by atoms with Gasteiger partial charge in [0, 0.05) is 30.4 Å². The second kappa shape index (κ2) is 12.1. The number of carbonyl (C=O) groups excluding carboxylic acids is 1. The van der Waals surface area contributed by atoms with Crippen molar-refractivity contribution in [3.05, 3.63) is 59.9 Å². The molecule has 2 aromatic rings. The van der Waals surface area contributed by atoms with Crippen LogP contribution in [0.5, 0.6) is 5.75 Å².